The molecule has 0 aromatic carbocycles. The van der Waals surface area contributed by atoms with Crippen molar-refractivity contribution in [1.29, 1.82) is 0 Å². The topological polar surface area (TPSA) is 9.23 Å². The molecule has 0 saturated carbocycles. The van der Waals surface area contributed by atoms with Gasteiger partial charge in [-0.3, -0.25) is 0 Å². The van der Waals surface area contributed by atoms with Crippen molar-refractivity contribution >= 4 is 0 Å². The molecule has 1 unspecified atom stereocenters. The fraction of sp³-hybridized carbons (Fsp3) is 0.714. The van der Waals surface area contributed by atoms with Crippen molar-refractivity contribution in [3.63, 3.8) is 0 Å². The summed E-state index contributed by atoms with van der Waals surface area (Å²) in [5.74, 6) is 0. The summed E-state index contributed by atoms with van der Waals surface area (Å²) >= 11 is 0. The zero-order chi connectivity index (χ0) is 6.41. The molecule has 2 radical (unpaired) electrons. The highest BCUT2D eigenvalue weighted by Crippen LogP contribution is 1.97. The van der Waals surface area contributed by atoms with E-state index in [0.29, 0.717) is 0 Å². The molecule has 0 rings (SSSR count). The smallest absolute Gasteiger partial charge is 0.0578 e. The van der Waals surface area contributed by atoms with Gasteiger partial charge in [-0.25, -0.2) is 0 Å². The molecule has 0 bridgehead atoms. The van der Waals surface area contributed by atoms with E-state index < -0.39 is 0 Å². The third-order valence-corrected chi connectivity index (χ3v) is 0.928. The lowest BCUT2D eigenvalue weighted by atomic mass is 10.2. The number of ether oxygens (including phenoxy) is 1. The molecule has 0 N–H and O–H groups in total. The third-order valence-electron chi connectivity index (χ3n) is 0.928. The molecule has 1 atom stereocenters. The molecule has 0 aliphatic carbocycles. The molecule has 1 nitrogen and oxygen atoms in total. The van der Waals surface area contributed by atoms with Crippen molar-refractivity contribution in [3.8, 4) is 0 Å². The van der Waals surface area contributed by atoms with Gasteiger partial charge in [-0.2, -0.15) is 0 Å². The van der Waals surface area contributed by atoms with Crippen LogP contribution in [0.5, 0.6) is 0 Å². The minimum atomic E-state index is 0.275. The Morgan fingerprint density at radius 3 is 2.75 bits per heavy atom. The Kier molecular flexibility index (Phi) is 5.08. The van der Waals surface area contributed by atoms with Gasteiger partial charge in [0.2, 0.25) is 0 Å². The first-order valence-electron chi connectivity index (χ1n) is 3.05. The SMILES string of the molecule is [CH2]C[CH]C(C)OCC. The van der Waals surface area contributed by atoms with Gasteiger partial charge in [0.25, 0.3) is 0 Å². The first-order valence-corrected chi connectivity index (χ1v) is 3.05. The summed E-state index contributed by atoms with van der Waals surface area (Å²) in [5.41, 5.74) is 0. The van der Waals surface area contributed by atoms with Gasteiger partial charge in [0.05, 0.1) is 6.10 Å². The van der Waals surface area contributed by atoms with E-state index in [9.17, 15) is 0 Å². The lowest BCUT2D eigenvalue weighted by molar-refractivity contribution is 0.0973. The van der Waals surface area contributed by atoms with Gasteiger partial charge >= 0.3 is 0 Å². The number of hydrogen-bond donors (Lipinski definition) is 0. The molecule has 0 spiro atoms. The molecule has 0 amide bonds. The fourth-order valence-corrected chi connectivity index (χ4v) is 0.566. The minimum absolute atomic E-state index is 0.275. The fourth-order valence-electron chi connectivity index (χ4n) is 0.566. The van der Waals surface area contributed by atoms with Crippen LogP contribution in [0.3, 0.4) is 0 Å². The standard InChI is InChI=1S/C7H14O/c1-4-6-7(3)8-5-2/h6-7H,1,4-5H2,2-3H3. The molecule has 0 saturated heterocycles. The highest BCUT2D eigenvalue weighted by molar-refractivity contribution is 4.72. The van der Waals surface area contributed by atoms with Crippen molar-refractivity contribution in [1.82, 2.24) is 0 Å². The van der Waals surface area contributed by atoms with Crippen LogP contribution in [0.2, 0.25) is 0 Å². The van der Waals surface area contributed by atoms with Crippen molar-refractivity contribution in [3.05, 3.63) is 13.3 Å². The Morgan fingerprint density at radius 1 is 1.75 bits per heavy atom. The second-order valence-electron chi connectivity index (χ2n) is 1.68. The van der Waals surface area contributed by atoms with Crippen molar-refractivity contribution < 1.29 is 4.74 Å². The summed E-state index contributed by atoms with van der Waals surface area (Å²) < 4.78 is 5.19. The van der Waals surface area contributed by atoms with Crippen LogP contribution in [0, 0.1) is 13.3 Å². The van der Waals surface area contributed by atoms with Crippen LogP contribution in [0.15, 0.2) is 0 Å². The van der Waals surface area contributed by atoms with Crippen molar-refractivity contribution in [2.75, 3.05) is 6.61 Å². The van der Waals surface area contributed by atoms with Crippen LogP contribution in [-0.4, -0.2) is 12.7 Å². The molecular formula is C7H14O. The van der Waals surface area contributed by atoms with Gasteiger partial charge in [-0.15, -0.1) is 0 Å². The molecule has 0 aromatic rings. The lowest BCUT2D eigenvalue weighted by Gasteiger charge is -2.07. The maximum atomic E-state index is 5.19. The number of rotatable bonds is 4. The van der Waals surface area contributed by atoms with E-state index in [4.69, 9.17) is 4.74 Å². The average Bonchev–Trinajstić information content (AvgIpc) is 1.68. The van der Waals surface area contributed by atoms with E-state index >= 15 is 0 Å². The Balaban J connectivity index is 2.92. The molecule has 0 heterocycles. The summed E-state index contributed by atoms with van der Waals surface area (Å²) in [7, 11) is 0. The summed E-state index contributed by atoms with van der Waals surface area (Å²) in [4.78, 5) is 0. The van der Waals surface area contributed by atoms with Gasteiger partial charge in [-0.1, -0.05) is 6.92 Å². The van der Waals surface area contributed by atoms with Crippen molar-refractivity contribution in [2.45, 2.75) is 26.4 Å². The first kappa shape index (κ1) is 7.96. The van der Waals surface area contributed by atoms with Crippen LogP contribution in [-0.2, 0) is 4.74 Å². The zero-order valence-electron chi connectivity index (χ0n) is 5.68. The Labute approximate surface area is 52.0 Å². The van der Waals surface area contributed by atoms with E-state index in [2.05, 4.69) is 6.92 Å². The van der Waals surface area contributed by atoms with Crippen LogP contribution in [0.1, 0.15) is 20.3 Å². The summed E-state index contributed by atoms with van der Waals surface area (Å²) in [6.07, 6.45) is 3.17. The molecule has 8 heavy (non-hydrogen) atoms. The van der Waals surface area contributed by atoms with Gasteiger partial charge in [0.15, 0.2) is 0 Å². The molecule has 0 fully saturated rings. The zero-order valence-corrected chi connectivity index (χ0v) is 5.68. The second kappa shape index (κ2) is 5.10. The van der Waals surface area contributed by atoms with Crippen LogP contribution < -0.4 is 0 Å². The van der Waals surface area contributed by atoms with Crippen molar-refractivity contribution in [2.24, 2.45) is 0 Å². The lowest BCUT2D eigenvalue weighted by Crippen LogP contribution is -2.07. The monoisotopic (exact) mass is 114 g/mol. The molecule has 1 heteroatoms. The summed E-state index contributed by atoms with van der Waals surface area (Å²) in [5, 5.41) is 0. The number of hydrogen-bond acceptors (Lipinski definition) is 1. The van der Waals surface area contributed by atoms with Gasteiger partial charge in [-0.05, 0) is 26.7 Å². The van der Waals surface area contributed by atoms with Gasteiger partial charge in [0, 0.05) is 6.61 Å². The van der Waals surface area contributed by atoms with Crippen LogP contribution >= 0.6 is 0 Å². The van der Waals surface area contributed by atoms with E-state index in [1.54, 1.807) is 0 Å². The quantitative estimate of drug-likeness (QED) is 0.542. The molecule has 0 aliphatic rings. The predicted octanol–water partition coefficient (Wildman–Crippen LogP) is 1.84. The van der Waals surface area contributed by atoms with E-state index in [1.165, 1.54) is 0 Å². The van der Waals surface area contributed by atoms with Crippen LogP contribution in [0.25, 0.3) is 0 Å². The van der Waals surface area contributed by atoms with Gasteiger partial charge < -0.3 is 4.74 Å². The van der Waals surface area contributed by atoms with E-state index in [-0.39, 0.29) is 6.10 Å². The third kappa shape index (κ3) is 4.13. The maximum absolute atomic E-state index is 5.19. The van der Waals surface area contributed by atoms with E-state index in [1.807, 2.05) is 20.3 Å². The highest BCUT2D eigenvalue weighted by atomic mass is 16.5. The predicted molar refractivity (Wildman–Crippen MR) is 35.4 cm³/mol. The van der Waals surface area contributed by atoms with Crippen LogP contribution in [0.4, 0.5) is 0 Å². The maximum Gasteiger partial charge on any atom is 0.0578 e. The largest absolute Gasteiger partial charge is 0.378 e. The Morgan fingerprint density at radius 2 is 2.38 bits per heavy atom. The average molecular weight is 114 g/mol. The highest BCUT2D eigenvalue weighted by Gasteiger charge is 1.95. The van der Waals surface area contributed by atoms with E-state index in [0.717, 1.165) is 13.0 Å². The summed E-state index contributed by atoms with van der Waals surface area (Å²) in [6.45, 7) is 8.48. The molecule has 0 aliphatic heterocycles. The summed E-state index contributed by atoms with van der Waals surface area (Å²) in [6, 6.07) is 0. The minimum Gasteiger partial charge on any atom is -0.378 e. The first-order chi connectivity index (χ1) is 3.81. The van der Waals surface area contributed by atoms with Gasteiger partial charge in [0.1, 0.15) is 0 Å². The molecular weight excluding hydrogens is 100 g/mol. The normalized spacial score (nSPS) is 13.9. The molecule has 0 aromatic heterocycles. The molecule has 48 valence electrons. The Hall–Kier alpha value is -0.0400. The second-order valence-corrected chi connectivity index (χ2v) is 1.68. The Bertz CT molecular complexity index is 37.7.